The van der Waals surface area contributed by atoms with Gasteiger partial charge in [-0.2, -0.15) is 0 Å². The van der Waals surface area contributed by atoms with E-state index in [0.717, 1.165) is 10.6 Å². The zero-order chi connectivity index (χ0) is 11.3. The Kier molecular flexibility index (Phi) is 4.58. The second kappa shape index (κ2) is 5.72. The fourth-order valence-electron chi connectivity index (χ4n) is 1.16. The van der Waals surface area contributed by atoms with E-state index in [9.17, 15) is 9.90 Å². The summed E-state index contributed by atoms with van der Waals surface area (Å²) < 4.78 is 0. The molecule has 0 aromatic carbocycles. The van der Waals surface area contributed by atoms with Gasteiger partial charge in [0, 0.05) is 13.0 Å². The van der Waals surface area contributed by atoms with E-state index in [4.69, 9.17) is 5.11 Å². The van der Waals surface area contributed by atoms with Gasteiger partial charge in [0.25, 0.3) is 0 Å². The molecule has 3 N–H and O–H groups in total. The fraction of sp³-hybridized carbons (Fsp3) is 0.500. The van der Waals surface area contributed by atoms with Gasteiger partial charge in [-0.25, -0.2) is 0 Å². The van der Waals surface area contributed by atoms with Gasteiger partial charge in [0.2, 0.25) is 0 Å². The molecule has 1 unspecified atom stereocenters. The molecule has 0 saturated carbocycles. The molecule has 0 bridgehead atoms. The van der Waals surface area contributed by atoms with Crippen LogP contribution in [0.25, 0.3) is 0 Å². The Morgan fingerprint density at radius 3 is 2.93 bits per heavy atom. The Bertz CT molecular complexity index is 324. The summed E-state index contributed by atoms with van der Waals surface area (Å²) in [5, 5.41) is 24.0. The van der Waals surface area contributed by atoms with Gasteiger partial charge in [0.15, 0.2) is 0 Å². The quantitative estimate of drug-likeness (QED) is 0.694. The maximum Gasteiger partial charge on any atom is 0.303 e. The van der Waals surface area contributed by atoms with Gasteiger partial charge in [-0.05, 0) is 30.4 Å². The summed E-state index contributed by atoms with van der Waals surface area (Å²) >= 11 is 1.58. The van der Waals surface area contributed by atoms with Gasteiger partial charge in [0.05, 0.1) is 11.1 Å². The monoisotopic (exact) mass is 229 g/mol. The highest BCUT2D eigenvalue weighted by molar-refractivity contribution is 7.14. The molecule has 84 valence electrons. The molecule has 1 aromatic rings. The van der Waals surface area contributed by atoms with Crippen molar-refractivity contribution in [2.45, 2.75) is 25.9 Å². The van der Waals surface area contributed by atoms with Crippen molar-refractivity contribution in [3.05, 3.63) is 17.0 Å². The molecule has 1 rings (SSSR count). The average molecular weight is 229 g/mol. The molecule has 5 heteroatoms. The van der Waals surface area contributed by atoms with Crippen LogP contribution in [-0.2, 0) is 4.79 Å². The lowest BCUT2D eigenvalue weighted by Crippen LogP contribution is -2.20. The number of carboxylic acid groups (broad SMARTS) is 1. The molecule has 4 nitrogen and oxygen atoms in total. The Morgan fingerprint density at radius 2 is 2.40 bits per heavy atom. The molecule has 0 fully saturated rings. The number of nitrogens with one attached hydrogen (secondary N) is 1. The summed E-state index contributed by atoms with van der Waals surface area (Å²) in [6.45, 7) is 2.39. The summed E-state index contributed by atoms with van der Waals surface area (Å²) in [5.41, 5.74) is 1.14. The molecule has 15 heavy (non-hydrogen) atoms. The van der Waals surface area contributed by atoms with E-state index in [1.165, 1.54) is 0 Å². The Morgan fingerprint density at radius 1 is 1.67 bits per heavy atom. The molecule has 0 saturated heterocycles. The lowest BCUT2D eigenvalue weighted by Gasteiger charge is -2.10. The number of rotatable bonds is 6. The molecule has 0 aliphatic carbocycles. The zero-order valence-electron chi connectivity index (χ0n) is 8.56. The second-order valence-electron chi connectivity index (χ2n) is 3.40. The van der Waals surface area contributed by atoms with E-state index in [1.807, 2.05) is 18.4 Å². The van der Waals surface area contributed by atoms with Gasteiger partial charge in [-0.15, -0.1) is 11.3 Å². The van der Waals surface area contributed by atoms with Crippen LogP contribution in [0.2, 0.25) is 0 Å². The SMILES string of the molecule is Cc1ccsc1NCC(O)CCC(=O)O. The van der Waals surface area contributed by atoms with E-state index in [0.29, 0.717) is 6.54 Å². The molecule has 1 atom stereocenters. The highest BCUT2D eigenvalue weighted by atomic mass is 32.1. The molecule has 0 aliphatic rings. The van der Waals surface area contributed by atoms with E-state index in [2.05, 4.69) is 5.32 Å². The highest BCUT2D eigenvalue weighted by Gasteiger charge is 2.07. The van der Waals surface area contributed by atoms with E-state index in [1.54, 1.807) is 11.3 Å². The maximum absolute atomic E-state index is 10.3. The summed E-state index contributed by atoms with van der Waals surface area (Å²) in [6, 6.07) is 2.00. The number of anilines is 1. The number of aliphatic hydroxyl groups is 1. The highest BCUT2D eigenvalue weighted by Crippen LogP contribution is 2.21. The third-order valence-electron chi connectivity index (χ3n) is 2.05. The summed E-state index contributed by atoms with van der Waals surface area (Å²) in [4.78, 5) is 10.3. The van der Waals surface area contributed by atoms with E-state index in [-0.39, 0.29) is 12.8 Å². The normalized spacial score (nSPS) is 12.4. The topological polar surface area (TPSA) is 69.6 Å². The largest absolute Gasteiger partial charge is 0.481 e. The van der Waals surface area contributed by atoms with Crippen LogP contribution < -0.4 is 5.32 Å². The van der Waals surface area contributed by atoms with Crippen LogP contribution in [0.4, 0.5) is 5.00 Å². The van der Waals surface area contributed by atoms with Crippen LogP contribution >= 0.6 is 11.3 Å². The first-order valence-corrected chi connectivity index (χ1v) is 5.65. The first-order chi connectivity index (χ1) is 7.09. The lowest BCUT2D eigenvalue weighted by molar-refractivity contribution is -0.137. The van der Waals surface area contributed by atoms with Crippen LogP contribution in [0.15, 0.2) is 11.4 Å². The number of hydrogen-bond acceptors (Lipinski definition) is 4. The van der Waals surface area contributed by atoms with Crippen LogP contribution in [0, 0.1) is 6.92 Å². The van der Waals surface area contributed by atoms with Crippen LogP contribution in [0.3, 0.4) is 0 Å². The number of carbonyl (C=O) groups is 1. The minimum atomic E-state index is -0.874. The molecular weight excluding hydrogens is 214 g/mol. The number of hydrogen-bond donors (Lipinski definition) is 3. The molecule has 0 amide bonds. The lowest BCUT2D eigenvalue weighted by atomic mass is 10.2. The summed E-state index contributed by atoms with van der Waals surface area (Å²) in [5.74, 6) is -0.874. The fourth-order valence-corrected chi connectivity index (χ4v) is 1.99. The molecular formula is C10H15NO3S. The average Bonchev–Trinajstić information content (AvgIpc) is 2.58. The molecule has 0 radical (unpaired) electrons. The number of carboxylic acids is 1. The van der Waals surface area contributed by atoms with Crippen molar-refractivity contribution in [2.24, 2.45) is 0 Å². The first kappa shape index (κ1) is 12.0. The third kappa shape index (κ3) is 4.31. The Labute approximate surface area is 92.6 Å². The van der Waals surface area contributed by atoms with Gasteiger partial charge >= 0.3 is 5.97 Å². The number of thiophene rings is 1. The van der Waals surface area contributed by atoms with Crippen molar-refractivity contribution < 1.29 is 15.0 Å². The van der Waals surface area contributed by atoms with Crippen molar-refractivity contribution in [1.29, 1.82) is 0 Å². The second-order valence-corrected chi connectivity index (χ2v) is 4.32. The van der Waals surface area contributed by atoms with Crippen LogP contribution in [-0.4, -0.2) is 28.8 Å². The van der Waals surface area contributed by atoms with Gasteiger partial charge in [-0.3, -0.25) is 4.79 Å². The van der Waals surface area contributed by atoms with Crippen molar-refractivity contribution >= 4 is 22.3 Å². The predicted octanol–water partition coefficient (Wildman–Crippen LogP) is 1.69. The van der Waals surface area contributed by atoms with Crippen molar-refractivity contribution in [2.75, 3.05) is 11.9 Å². The third-order valence-corrected chi connectivity index (χ3v) is 3.03. The first-order valence-electron chi connectivity index (χ1n) is 4.77. The smallest absolute Gasteiger partial charge is 0.303 e. The van der Waals surface area contributed by atoms with Crippen LogP contribution in [0.5, 0.6) is 0 Å². The number of aliphatic hydroxyl groups excluding tert-OH is 1. The number of aryl methyl sites for hydroxylation is 1. The molecule has 0 aliphatic heterocycles. The van der Waals surface area contributed by atoms with Crippen molar-refractivity contribution in [3.8, 4) is 0 Å². The van der Waals surface area contributed by atoms with Crippen molar-refractivity contribution in [1.82, 2.24) is 0 Å². The van der Waals surface area contributed by atoms with Crippen LogP contribution in [0.1, 0.15) is 18.4 Å². The van der Waals surface area contributed by atoms with E-state index >= 15 is 0 Å². The van der Waals surface area contributed by atoms with Gasteiger partial charge in [0.1, 0.15) is 0 Å². The minimum absolute atomic E-state index is 0.00622. The van der Waals surface area contributed by atoms with E-state index < -0.39 is 12.1 Å². The predicted molar refractivity (Wildman–Crippen MR) is 60.4 cm³/mol. The van der Waals surface area contributed by atoms with Gasteiger partial charge < -0.3 is 15.5 Å². The molecule has 1 heterocycles. The Balaban J connectivity index is 2.25. The number of aliphatic carboxylic acids is 1. The molecule has 1 aromatic heterocycles. The minimum Gasteiger partial charge on any atom is -0.481 e. The summed E-state index contributed by atoms with van der Waals surface area (Å²) in [7, 11) is 0. The summed E-state index contributed by atoms with van der Waals surface area (Å²) in [6.07, 6.45) is -0.318. The van der Waals surface area contributed by atoms with Crippen molar-refractivity contribution in [3.63, 3.8) is 0 Å². The zero-order valence-corrected chi connectivity index (χ0v) is 9.38. The maximum atomic E-state index is 10.3. The Hall–Kier alpha value is -1.07. The standard InChI is InChI=1S/C10H15NO3S/c1-7-4-5-15-10(7)11-6-8(12)2-3-9(13)14/h4-5,8,11-12H,2-3,6H2,1H3,(H,13,14). The molecule has 0 spiro atoms. The van der Waals surface area contributed by atoms with Gasteiger partial charge in [-0.1, -0.05) is 0 Å².